The Labute approximate surface area is 359 Å². The molecule has 12 nitrogen and oxygen atoms in total. The molecule has 0 radical (unpaired) electrons. The first kappa shape index (κ1) is 40.6. The Morgan fingerprint density at radius 3 is 2.30 bits per heavy atom. The Bertz CT molecular complexity index is 2500. The smallest absolute Gasteiger partial charge is 0.340 e. The van der Waals surface area contributed by atoms with Gasteiger partial charge in [-0.05, 0) is 62.6 Å². The molecule has 1 heterocycles. The number of nitrogens with zero attached hydrogens (tertiary/aromatic N) is 1. The van der Waals surface area contributed by atoms with Gasteiger partial charge in [-0.15, -0.1) is 0 Å². The molecule has 1 spiro atoms. The standard InChI is InChI=1S/C48H49ClN2O10/c1-6-51-23-45(16-15-39(59-4)47-37(45)21-33(42(47)51)46(56)22-36(58-3)32-20-38(47)48(46,57)43(32)60-5)61-44(55)31-17-25(12-14-35(31)50-24(2)52)11-13-26-18-29-30(19-34(26)49)41(54)28-10-8-7-9-27(28)40(29)53/h7-10,12,14,17-19,32-33,36-39,42-43,56-57H,6,15-16,20-23H2,1-5H3,(H,50,52)/t32-,33+,36+,37-,38+,39+,42-,43+,45-,46+,47+,48+/m1/s1. The van der Waals surface area contributed by atoms with Crippen molar-refractivity contribution in [2.24, 2.45) is 29.1 Å². The van der Waals surface area contributed by atoms with Gasteiger partial charge in [-0.2, -0.15) is 0 Å². The van der Waals surface area contributed by atoms with Crippen LogP contribution < -0.4 is 5.32 Å². The molecule has 6 aliphatic carbocycles. The number of methoxy groups -OCH3 is 3. The zero-order valence-corrected chi connectivity index (χ0v) is 35.5. The number of nitrogens with one attached hydrogen (secondary N) is 1. The molecule has 61 heavy (non-hydrogen) atoms. The average Bonchev–Trinajstić information content (AvgIpc) is 3.68. The number of hydrogen-bond acceptors (Lipinski definition) is 11. The number of anilines is 1. The highest BCUT2D eigenvalue weighted by molar-refractivity contribution is 6.34. The van der Waals surface area contributed by atoms with Crippen molar-refractivity contribution in [1.29, 1.82) is 0 Å². The summed E-state index contributed by atoms with van der Waals surface area (Å²) < 4.78 is 25.5. The molecule has 10 rings (SSSR count). The molecule has 7 aliphatic rings. The maximum absolute atomic E-state index is 14.9. The minimum Gasteiger partial charge on any atom is -0.454 e. The molecular formula is C48H49ClN2O10. The van der Waals surface area contributed by atoms with Gasteiger partial charge in [0.15, 0.2) is 11.6 Å². The molecule has 1 aliphatic heterocycles. The topological polar surface area (TPSA) is 161 Å². The molecule has 3 N–H and O–H groups in total. The lowest BCUT2D eigenvalue weighted by molar-refractivity contribution is -0.337. The maximum atomic E-state index is 14.9. The fraction of sp³-hybridized carbons (Fsp3) is 0.500. The van der Waals surface area contributed by atoms with Crippen molar-refractivity contribution in [3.05, 3.63) is 98.6 Å². The monoisotopic (exact) mass is 848 g/mol. The minimum absolute atomic E-state index is 0.108. The van der Waals surface area contributed by atoms with Crippen LogP contribution in [0, 0.1) is 40.9 Å². The lowest BCUT2D eigenvalue weighted by atomic mass is 9.44. The number of likely N-dealkylation sites (N-methyl/N-ethyl adjacent to an activating group) is 1. The molecule has 1 amide bonds. The highest BCUT2D eigenvalue weighted by atomic mass is 35.5. The fourth-order valence-corrected chi connectivity index (χ4v) is 14.3. The summed E-state index contributed by atoms with van der Waals surface area (Å²) in [5.74, 6) is 3.29. The number of benzene rings is 3. The van der Waals surface area contributed by atoms with Crippen molar-refractivity contribution in [2.45, 2.75) is 87.1 Å². The van der Waals surface area contributed by atoms with E-state index < -0.39 is 40.2 Å². The van der Waals surface area contributed by atoms with E-state index in [1.54, 1.807) is 63.8 Å². The third-order valence-corrected chi connectivity index (χ3v) is 16.4. The third-order valence-electron chi connectivity index (χ3n) is 16.1. The molecular weight excluding hydrogens is 800 g/mol. The molecule has 0 aromatic heterocycles. The first-order valence-electron chi connectivity index (χ1n) is 21.2. The summed E-state index contributed by atoms with van der Waals surface area (Å²) >= 11 is 6.66. The van der Waals surface area contributed by atoms with Crippen LogP contribution in [-0.4, -0.2) is 114 Å². The summed E-state index contributed by atoms with van der Waals surface area (Å²) in [6.07, 6.45) is 1.20. The van der Waals surface area contributed by atoms with E-state index in [9.17, 15) is 29.4 Å². The van der Waals surface area contributed by atoms with Gasteiger partial charge in [0.25, 0.3) is 0 Å². The van der Waals surface area contributed by atoms with Crippen LogP contribution in [0.3, 0.4) is 0 Å². The quantitative estimate of drug-likeness (QED) is 0.169. The number of halogens is 1. The molecule has 5 saturated carbocycles. The highest BCUT2D eigenvalue weighted by Crippen LogP contribution is 2.79. The van der Waals surface area contributed by atoms with E-state index in [0.29, 0.717) is 61.0 Å². The zero-order chi connectivity index (χ0) is 43.0. The second-order valence-electron chi connectivity index (χ2n) is 18.2. The average molecular weight is 849 g/mol. The number of carbonyl (C=O) groups excluding carboxylic acids is 4. The minimum atomic E-state index is -1.57. The van der Waals surface area contributed by atoms with Gasteiger partial charge in [0.1, 0.15) is 16.8 Å². The van der Waals surface area contributed by atoms with Gasteiger partial charge in [-0.3, -0.25) is 19.3 Å². The molecule has 7 bridgehead atoms. The van der Waals surface area contributed by atoms with Crippen LogP contribution in [0.1, 0.15) is 99.3 Å². The molecule has 13 heteroatoms. The normalized spacial score (nSPS) is 37.3. The van der Waals surface area contributed by atoms with E-state index in [4.69, 9.17) is 30.5 Å². The number of amides is 1. The lowest BCUT2D eigenvalue weighted by Gasteiger charge is -2.70. The predicted molar refractivity (Wildman–Crippen MR) is 222 cm³/mol. The van der Waals surface area contributed by atoms with E-state index in [2.05, 4.69) is 29.0 Å². The fourth-order valence-electron chi connectivity index (χ4n) is 14.1. The van der Waals surface area contributed by atoms with Crippen molar-refractivity contribution in [2.75, 3.05) is 39.7 Å². The van der Waals surface area contributed by atoms with Crippen molar-refractivity contribution >= 4 is 40.7 Å². The second kappa shape index (κ2) is 14.0. The Morgan fingerprint density at radius 1 is 0.918 bits per heavy atom. The van der Waals surface area contributed by atoms with Crippen LogP contribution in [0.4, 0.5) is 5.69 Å². The number of piperidine rings is 1. The van der Waals surface area contributed by atoms with Crippen LogP contribution in [0.2, 0.25) is 5.02 Å². The number of carbonyl (C=O) groups is 4. The predicted octanol–water partition coefficient (Wildman–Crippen LogP) is 5.05. The second-order valence-corrected chi connectivity index (χ2v) is 18.6. The number of aliphatic hydroxyl groups is 2. The van der Waals surface area contributed by atoms with Crippen LogP contribution >= 0.6 is 11.6 Å². The Kier molecular flexibility index (Phi) is 9.34. The van der Waals surface area contributed by atoms with E-state index in [0.717, 1.165) is 0 Å². The summed E-state index contributed by atoms with van der Waals surface area (Å²) in [6.45, 7) is 4.50. The van der Waals surface area contributed by atoms with Crippen LogP contribution in [0.15, 0.2) is 54.6 Å². The summed E-state index contributed by atoms with van der Waals surface area (Å²) in [5.41, 5.74) is -2.62. The van der Waals surface area contributed by atoms with Gasteiger partial charge in [0.2, 0.25) is 5.91 Å². The van der Waals surface area contributed by atoms with Crippen molar-refractivity contribution in [1.82, 2.24) is 4.90 Å². The van der Waals surface area contributed by atoms with Crippen LogP contribution in [0.25, 0.3) is 0 Å². The van der Waals surface area contributed by atoms with Crippen molar-refractivity contribution < 1.29 is 48.3 Å². The molecule has 0 unspecified atom stereocenters. The van der Waals surface area contributed by atoms with Gasteiger partial charge in [-0.1, -0.05) is 54.6 Å². The molecule has 12 atom stereocenters. The molecule has 6 fully saturated rings. The van der Waals surface area contributed by atoms with Crippen molar-refractivity contribution in [3.8, 4) is 11.8 Å². The first-order valence-corrected chi connectivity index (χ1v) is 21.6. The molecule has 3 aromatic carbocycles. The number of hydrogen-bond donors (Lipinski definition) is 3. The Morgan fingerprint density at radius 2 is 1.64 bits per heavy atom. The van der Waals surface area contributed by atoms with Crippen LogP contribution in [-0.2, 0) is 23.7 Å². The third kappa shape index (κ3) is 5.23. The summed E-state index contributed by atoms with van der Waals surface area (Å²) in [6, 6.07) is 14.4. The largest absolute Gasteiger partial charge is 0.454 e. The first-order chi connectivity index (χ1) is 29.2. The molecule has 318 valence electrons. The summed E-state index contributed by atoms with van der Waals surface area (Å²) in [7, 11) is 4.97. The maximum Gasteiger partial charge on any atom is 0.340 e. The molecule has 1 saturated heterocycles. The SMILES string of the molecule is CCN1C[C@]2(OC(=O)c3cc(C#Cc4cc5c(cc4Cl)C(=O)c4ccccc4C5=O)ccc3NC(C)=O)CC[C@H](OC)[C@@]34[C@@H]2C[C@@H]([C@@H]13)[C@@]1(O)C[C@H](OC)[C@H]2C[C@@H]4[C@]1(O)[C@H]2OC. The number of ketones is 2. The van der Waals surface area contributed by atoms with E-state index in [-0.39, 0.29) is 87.3 Å². The number of rotatable bonds is 7. The number of esters is 1. The highest BCUT2D eigenvalue weighted by Gasteiger charge is 2.89. The Balaban J connectivity index is 1.03. The van der Waals surface area contributed by atoms with Gasteiger partial charge in [0.05, 0.1) is 34.6 Å². The van der Waals surface area contributed by atoms with E-state index in [1.165, 1.54) is 19.1 Å². The van der Waals surface area contributed by atoms with Gasteiger partial charge in [-0.25, -0.2) is 4.79 Å². The van der Waals surface area contributed by atoms with Gasteiger partial charge < -0.3 is 34.5 Å². The number of ether oxygens (including phenoxy) is 4. The zero-order valence-electron chi connectivity index (χ0n) is 34.8. The molecule has 3 aromatic rings. The van der Waals surface area contributed by atoms with Crippen LogP contribution in [0.5, 0.6) is 0 Å². The lowest BCUT2D eigenvalue weighted by Crippen LogP contribution is -2.83. The van der Waals surface area contributed by atoms with E-state index >= 15 is 0 Å². The Hall–Kier alpha value is -4.45. The summed E-state index contributed by atoms with van der Waals surface area (Å²) in [5, 5.41) is 29.2. The number of likely N-dealkylation sites (tertiary alicyclic amines) is 1. The summed E-state index contributed by atoms with van der Waals surface area (Å²) in [4.78, 5) is 56.5. The van der Waals surface area contributed by atoms with E-state index in [1.807, 2.05) is 0 Å². The van der Waals surface area contributed by atoms with Gasteiger partial charge >= 0.3 is 5.97 Å². The number of fused-ring (bicyclic) bond motifs is 4. The van der Waals surface area contributed by atoms with Crippen molar-refractivity contribution in [3.63, 3.8) is 0 Å². The van der Waals surface area contributed by atoms with Gasteiger partial charge in [0, 0.05) is 110 Å².